The van der Waals surface area contributed by atoms with Gasteiger partial charge in [0.2, 0.25) is 5.90 Å². The van der Waals surface area contributed by atoms with Gasteiger partial charge in [-0.1, -0.05) is 30.3 Å². The Labute approximate surface area is 204 Å². The van der Waals surface area contributed by atoms with Crippen LogP contribution in [-0.4, -0.2) is 49.8 Å². The van der Waals surface area contributed by atoms with E-state index in [1.54, 1.807) is 19.1 Å². The smallest absolute Gasteiger partial charge is 0.259 e. The highest BCUT2D eigenvalue weighted by Gasteiger charge is 2.56. The van der Waals surface area contributed by atoms with E-state index in [4.69, 9.17) is 24.3 Å². The maximum absolute atomic E-state index is 13.9. The third kappa shape index (κ3) is 4.12. The van der Waals surface area contributed by atoms with E-state index >= 15 is 0 Å². The van der Waals surface area contributed by atoms with Crippen LogP contribution in [0.25, 0.3) is 0 Å². The summed E-state index contributed by atoms with van der Waals surface area (Å²) >= 11 is 0. The van der Waals surface area contributed by atoms with Gasteiger partial charge in [0.1, 0.15) is 11.5 Å². The zero-order chi connectivity index (χ0) is 24.4. The largest absolute Gasteiger partial charge is 0.497 e. The molecule has 0 saturated heterocycles. The van der Waals surface area contributed by atoms with Crippen molar-refractivity contribution in [3.8, 4) is 11.5 Å². The molecular weight excluding hydrogens is 444 g/mol. The van der Waals surface area contributed by atoms with E-state index in [2.05, 4.69) is 0 Å². The zero-order valence-corrected chi connectivity index (χ0v) is 19.8. The van der Waals surface area contributed by atoms with Crippen molar-refractivity contribution >= 4 is 17.5 Å². The quantitative estimate of drug-likeness (QED) is 0.527. The summed E-state index contributed by atoms with van der Waals surface area (Å²) in [4.78, 5) is 20.6. The highest BCUT2D eigenvalue weighted by molar-refractivity contribution is 6.08. The SMILES string of the molecule is COc1cccc([C@H]2OC(c3ccc(OCCCO)cc3)=N[C@]23Cc2ccccc2N(C)C3=O)c1. The third-order valence-electron chi connectivity index (χ3n) is 6.52. The van der Waals surface area contributed by atoms with Crippen LogP contribution in [0.2, 0.25) is 0 Å². The number of hydrogen-bond donors (Lipinski definition) is 1. The Hall–Kier alpha value is -3.84. The molecule has 7 heteroatoms. The van der Waals surface area contributed by atoms with E-state index in [1.807, 2.05) is 72.8 Å². The molecule has 2 aliphatic heterocycles. The van der Waals surface area contributed by atoms with E-state index < -0.39 is 11.6 Å². The van der Waals surface area contributed by atoms with Crippen molar-refractivity contribution in [2.45, 2.75) is 24.5 Å². The van der Waals surface area contributed by atoms with Crippen LogP contribution in [0, 0.1) is 0 Å². The molecule has 0 saturated carbocycles. The number of amides is 1. The lowest BCUT2D eigenvalue weighted by Gasteiger charge is -2.39. The Morgan fingerprint density at radius 3 is 2.66 bits per heavy atom. The fourth-order valence-electron chi connectivity index (χ4n) is 4.75. The number of aliphatic imine (C=N–C) groups is 1. The maximum Gasteiger partial charge on any atom is 0.259 e. The second-order valence-electron chi connectivity index (χ2n) is 8.74. The molecule has 3 aromatic rings. The van der Waals surface area contributed by atoms with Gasteiger partial charge in [0, 0.05) is 37.7 Å². The highest BCUT2D eigenvalue weighted by atomic mass is 16.5. The fourth-order valence-corrected chi connectivity index (χ4v) is 4.75. The summed E-state index contributed by atoms with van der Waals surface area (Å²) in [5, 5.41) is 8.95. The minimum Gasteiger partial charge on any atom is -0.497 e. The minimum atomic E-state index is -1.14. The molecule has 5 rings (SSSR count). The number of hydrogen-bond acceptors (Lipinski definition) is 6. The molecule has 2 atom stereocenters. The Balaban J connectivity index is 1.56. The molecule has 0 fully saturated rings. The second-order valence-corrected chi connectivity index (χ2v) is 8.74. The molecule has 2 aliphatic rings. The lowest BCUT2D eigenvalue weighted by atomic mass is 9.78. The Kier molecular flexibility index (Phi) is 6.17. The fraction of sp³-hybridized carbons (Fsp3) is 0.286. The van der Waals surface area contributed by atoms with Gasteiger partial charge in [-0.2, -0.15) is 0 Å². The molecule has 0 unspecified atom stereocenters. The number of aliphatic hydroxyl groups excluding tert-OH is 1. The predicted octanol–water partition coefficient (Wildman–Crippen LogP) is 3.93. The number of nitrogens with zero attached hydrogens (tertiary/aromatic N) is 2. The van der Waals surface area contributed by atoms with Gasteiger partial charge >= 0.3 is 0 Å². The van der Waals surface area contributed by atoms with E-state index in [0.717, 1.165) is 22.4 Å². The molecule has 180 valence electrons. The molecule has 35 heavy (non-hydrogen) atoms. The molecule has 0 radical (unpaired) electrons. The molecule has 3 aromatic carbocycles. The molecule has 1 N–H and O–H groups in total. The van der Waals surface area contributed by atoms with Crippen molar-refractivity contribution < 1.29 is 24.1 Å². The Morgan fingerprint density at radius 1 is 1.09 bits per heavy atom. The summed E-state index contributed by atoms with van der Waals surface area (Å²) in [6, 6.07) is 22.9. The number of fused-ring (bicyclic) bond motifs is 1. The van der Waals surface area contributed by atoms with Crippen molar-refractivity contribution in [1.29, 1.82) is 0 Å². The normalized spacial score (nSPS) is 20.9. The number of ether oxygens (including phenoxy) is 3. The van der Waals surface area contributed by atoms with Gasteiger partial charge in [-0.3, -0.25) is 4.79 Å². The predicted molar refractivity (Wildman–Crippen MR) is 133 cm³/mol. The van der Waals surface area contributed by atoms with Crippen LogP contribution in [0.1, 0.15) is 29.2 Å². The molecule has 0 aromatic heterocycles. The first-order chi connectivity index (χ1) is 17.1. The topological polar surface area (TPSA) is 80.6 Å². The van der Waals surface area contributed by atoms with E-state index in [0.29, 0.717) is 36.8 Å². The van der Waals surface area contributed by atoms with Crippen molar-refractivity contribution in [3.05, 3.63) is 89.5 Å². The van der Waals surface area contributed by atoms with Gasteiger partial charge in [-0.05, 0) is 53.6 Å². The highest BCUT2D eigenvalue weighted by Crippen LogP contribution is 2.47. The number of aliphatic hydroxyl groups is 1. The number of methoxy groups -OCH3 is 1. The number of para-hydroxylation sites is 1. The van der Waals surface area contributed by atoms with Gasteiger partial charge < -0.3 is 24.2 Å². The summed E-state index contributed by atoms with van der Waals surface area (Å²) in [5.41, 5.74) is 2.39. The van der Waals surface area contributed by atoms with E-state index in [-0.39, 0.29) is 12.5 Å². The molecule has 0 aliphatic carbocycles. The Morgan fingerprint density at radius 2 is 1.89 bits per heavy atom. The van der Waals surface area contributed by atoms with Crippen molar-refractivity contribution in [3.63, 3.8) is 0 Å². The first kappa shape index (κ1) is 22.9. The van der Waals surface area contributed by atoms with Crippen LogP contribution in [0.4, 0.5) is 5.69 Å². The van der Waals surface area contributed by atoms with Crippen molar-refractivity contribution in [1.82, 2.24) is 0 Å². The summed E-state index contributed by atoms with van der Waals surface area (Å²) in [6.45, 7) is 0.524. The molecule has 1 amide bonds. The van der Waals surface area contributed by atoms with Gasteiger partial charge in [-0.15, -0.1) is 0 Å². The molecular formula is C28H28N2O5. The standard InChI is InChI=1S/C28H28N2O5/c1-30-24-10-4-3-7-21(24)18-28(27(30)32)25(20-8-5-9-23(17-20)33-2)35-26(29-28)19-11-13-22(14-12-19)34-16-6-15-31/h3-5,7-14,17,25,31H,6,15-16,18H2,1-2H3/t25-,28-/m1/s1. The molecule has 1 spiro atoms. The molecule has 7 nitrogen and oxygen atoms in total. The number of rotatable bonds is 7. The Bertz CT molecular complexity index is 1260. The summed E-state index contributed by atoms with van der Waals surface area (Å²) in [6.07, 6.45) is 0.385. The van der Waals surface area contributed by atoms with Crippen molar-refractivity contribution in [2.24, 2.45) is 4.99 Å². The van der Waals surface area contributed by atoms with Crippen LogP contribution >= 0.6 is 0 Å². The van der Waals surface area contributed by atoms with Gasteiger partial charge in [0.05, 0.1) is 13.7 Å². The average molecular weight is 473 g/mol. The van der Waals surface area contributed by atoms with Gasteiger partial charge in [0.15, 0.2) is 11.6 Å². The monoisotopic (exact) mass is 472 g/mol. The minimum absolute atomic E-state index is 0.0854. The third-order valence-corrected chi connectivity index (χ3v) is 6.52. The van der Waals surface area contributed by atoms with Crippen LogP contribution in [0.5, 0.6) is 11.5 Å². The summed E-state index contributed by atoms with van der Waals surface area (Å²) in [7, 11) is 3.41. The lowest BCUT2D eigenvalue weighted by molar-refractivity contribution is -0.126. The van der Waals surface area contributed by atoms with Crippen LogP contribution in [0.15, 0.2) is 77.8 Å². The van der Waals surface area contributed by atoms with E-state index in [9.17, 15) is 4.79 Å². The number of likely N-dealkylation sites (N-methyl/N-ethyl adjacent to an activating group) is 1. The first-order valence-electron chi connectivity index (χ1n) is 11.7. The maximum atomic E-state index is 13.9. The lowest BCUT2D eigenvalue weighted by Crippen LogP contribution is -2.53. The van der Waals surface area contributed by atoms with Crippen LogP contribution in [-0.2, 0) is 16.0 Å². The molecule has 0 bridgehead atoms. The number of benzene rings is 3. The molecule has 2 heterocycles. The number of anilines is 1. The van der Waals surface area contributed by atoms with E-state index in [1.165, 1.54) is 0 Å². The van der Waals surface area contributed by atoms with Crippen LogP contribution in [0.3, 0.4) is 0 Å². The summed E-state index contributed by atoms with van der Waals surface area (Å²) < 4.78 is 17.6. The van der Waals surface area contributed by atoms with Gasteiger partial charge in [-0.25, -0.2) is 4.99 Å². The number of carbonyl (C=O) groups is 1. The van der Waals surface area contributed by atoms with Gasteiger partial charge in [0.25, 0.3) is 5.91 Å². The first-order valence-corrected chi connectivity index (χ1v) is 11.7. The van der Waals surface area contributed by atoms with Crippen LogP contribution < -0.4 is 14.4 Å². The second kappa shape index (κ2) is 9.43. The zero-order valence-electron chi connectivity index (χ0n) is 19.8. The number of carbonyl (C=O) groups excluding carboxylic acids is 1. The summed E-state index contributed by atoms with van der Waals surface area (Å²) in [5.74, 6) is 1.70. The average Bonchev–Trinajstić information content (AvgIpc) is 3.28. The van der Waals surface area contributed by atoms with Crippen molar-refractivity contribution in [2.75, 3.05) is 32.3 Å².